The molecule has 0 aliphatic rings. The molecule has 0 spiro atoms. The Hall–Kier alpha value is -3.74. The number of aromatic nitrogens is 2. The second kappa shape index (κ2) is 10.3. The molecule has 2 aromatic carbocycles. The van der Waals surface area contributed by atoms with Gasteiger partial charge in [0.05, 0.1) is 17.9 Å². The average Bonchev–Trinajstić information content (AvgIpc) is 2.74. The highest BCUT2D eigenvalue weighted by Crippen LogP contribution is 2.19. The van der Waals surface area contributed by atoms with E-state index in [1.54, 1.807) is 48.5 Å². The number of nitrogens with zero attached hydrogens (tertiary/aromatic N) is 2. The number of amides is 1. The van der Waals surface area contributed by atoms with Crippen LogP contribution in [0.5, 0.6) is 0 Å². The fourth-order valence-electron chi connectivity index (χ4n) is 2.97. The molecule has 1 amide bonds. The summed E-state index contributed by atoms with van der Waals surface area (Å²) >= 11 is 0. The predicted molar refractivity (Wildman–Crippen MR) is 121 cm³/mol. The number of carbonyl (C=O) groups excluding carboxylic acids is 2. The van der Waals surface area contributed by atoms with Crippen molar-refractivity contribution in [3.05, 3.63) is 77.1 Å². The quantitative estimate of drug-likeness (QED) is 0.393. The monoisotopic (exact) mass is 418 g/mol. The number of benzene rings is 2. The van der Waals surface area contributed by atoms with E-state index in [-0.39, 0.29) is 5.91 Å². The molecule has 0 saturated heterocycles. The van der Waals surface area contributed by atoms with Crippen molar-refractivity contribution in [2.75, 3.05) is 17.2 Å². The first-order valence-electron chi connectivity index (χ1n) is 10.2. The van der Waals surface area contributed by atoms with Crippen molar-refractivity contribution in [2.45, 2.75) is 33.6 Å². The zero-order valence-electron chi connectivity index (χ0n) is 17.9. The fourth-order valence-corrected chi connectivity index (χ4v) is 2.97. The molecular formula is C24H26N4O3. The normalized spacial score (nSPS) is 10.4. The lowest BCUT2D eigenvalue weighted by Crippen LogP contribution is -2.16. The Balaban J connectivity index is 1.68. The molecule has 1 aromatic heterocycles. The molecule has 0 aliphatic carbocycles. The van der Waals surface area contributed by atoms with Gasteiger partial charge < -0.3 is 15.4 Å². The highest BCUT2D eigenvalue weighted by atomic mass is 16.5. The maximum Gasteiger partial charge on any atom is 0.340 e. The minimum atomic E-state index is -0.447. The zero-order valence-corrected chi connectivity index (χ0v) is 17.9. The molecule has 0 saturated carbocycles. The third-order valence-corrected chi connectivity index (χ3v) is 4.51. The molecule has 7 nitrogen and oxygen atoms in total. The molecule has 31 heavy (non-hydrogen) atoms. The predicted octanol–water partition coefficient (Wildman–Crippen LogP) is 5.05. The van der Waals surface area contributed by atoms with Crippen LogP contribution < -0.4 is 10.6 Å². The number of unbranched alkanes of at least 4 members (excludes halogenated alkanes) is 1. The summed E-state index contributed by atoms with van der Waals surface area (Å²) in [5.41, 5.74) is 3.72. The van der Waals surface area contributed by atoms with Crippen molar-refractivity contribution in [1.29, 1.82) is 0 Å². The first-order valence-corrected chi connectivity index (χ1v) is 10.2. The van der Waals surface area contributed by atoms with Crippen molar-refractivity contribution < 1.29 is 14.3 Å². The lowest BCUT2D eigenvalue weighted by atomic mass is 10.1. The van der Waals surface area contributed by atoms with E-state index in [2.05, 4.69) is 20.6 Å². The van der Waals surface area contributed by atoms with E-state index >= 15 is 0 Å². The summed E-state index contributed by atoms with van der Waals surface area (Å²) in [7, 11) is 0. The van der Waals surface area contributed by atoms with Gasteiger partial charge >= 0.3 is 5.97 Å². The summed E-state index contributed by atoms with van der Waals surface area (Å²) < 4.78 is 5.28. The maximum atomic E-state index is 12.7. The van der Waals surface area contributed by atoms with Crippen LogP contribution in [-0.2, 0) is 4.74 Å². The van der Waals surface area contributed by atoms with Gasteiger partial charge in [-0.15, -0.1) is 0 Å². The topological polar surface area (TPSA) is 93.2 Å². The number of nitrogens with one attached hydrogen (secondary N) is 2. The highest BCUT2D eigenvalue weighted by Gasteiger charge is 2.15. The number of hydrogen-bond acceptors (Lipinski definition) is 6. The van der Waals surface area contributed by atoms with Gasteiger partial charge in [0.15, 0.2) is 0 Å². The van der Waals surface area contributed by atoms with E-state index in [0.29, 0.717) is 29.4 Å². The summed E-state index contributed by atoms with van der Waals surface area (Å²) in [6.07, 6.45) is 1.74. The molecule has 3 rings (SSSR count). The summed E-state index contributed by atoms with van der Waals surface area (Å²) in [5, 5.41) is 5.93. The van der Waals surface area contributed by atoms with Gasteiger partial charge in [0, 0.05) is 22.6 Å². The van der Waals surface area contributed by atoms with Gasteiger partial charge in [-0.3, -0.25) is 4.79 Å². The van der Waals surface area contributed by atoms with E-state index in [4.69, 9.17) is 4.74 Å². The third kappa shape index (κ3) is 6.12. The third-order valence-electron chi connectivity index (χ3n) is 4.51. The molecule has 2 N–H and O–H groups in total. The summed E-state index contributed by atoms with van der Waals surface area (Å²) in [5.74, 6) is -0.259. The maximum absolute atomic E-state index is 12.7. The van der Waals surface area contributed by atoms with Gasteiger partial charge in [0.1, 0.15) is 0 Å². The molecule has 160 valence electrons. The van der Waals surface area contributed by atoms with Crippen LogP contribution >= 0.6 is 0 Å². The van der Waals surface area contributed by atoms with Crippen molar-refractivity contribution >= 4 is 29.2 Å². The van der Waals surface area contributed by atoms with Crippen LogP contribution in [0.25, 0.3) is 0 Å². The molecule has 0 radical (unpaired) electrons. The summed E-state index contributed by atoms with van der Waals surface area (Å²) in [4.78, 5) is 33.7. The van der Waals surface area contributed by atoms with E-state index in [1.807, 2.05) is 26.8 Å². The standard InChI is InChI=1S/C24H26N4O3/c1-4-5-14-31-23(30)20-8-6-7-9-21(20)28-22(29)18-10-12-19(13-11-18)27-24-25-16(2)15-17(3)26-24/h6-13,15H,4-5,14H2,1-3H3,(H,28,29)(H,25,26,27). The van der Waals surface area contributed by atoms with Crippen LogP contribution in [-0.4, -0.2) is 28.5 Å². The molecule has 7 heteroatoms. The molecular weight excluding hydrogens is 392 g/mol. The Morgan fingerprint density at radius 1 is 0.968 bits per heavy atom. The minimum Gasteiger partial charge on any atom is -0.462 e. The molecule has 0 aliphatic heterocycles. The molecule has 0 atom stereocenters. The van der Waals surface area contributed by atoms with Gasteiger partial charge in [0.25, 0.3) is 5.91 Å². The van der Waals surface area contributed by atoms with Crippen LogP contribution in [0.15, 0.2) is 54.6 Å². The Labute approximate surface area is 181 Å². The fraction of sp³-hybridized carbons (Fsp3) is 0.250. The number of rotatable bonds is 8. The Bertz CT molecular complexity index is 1040. The molecule has 3 aromatic rings. The van der Waals surface area contributed by atoms with Crippen molar-refractivity contribution in [1.82, 2.24) is 9.97 Å². The summed E-state index contributed by atoms with van der Waals surface area (Å²) in [6, 6.07) is 15.7. The van der Waals surface area contributed by atoms with Gasteiger partial charge in [-0.25, -0.2) is 14.8 Å². The second-order valence-electron chi connectivity index (χ2n) is 7.17. The van der Waals surface area contributed by atoms with Crippen molar-refractivity contribution in [3.63, 3.8) is 0 Å². The lowest BCUT2D eigenvalue weighted by Gasteiger charge is -2.11. The average molecular weight is 418 g/mol. The van der Waals surface area contributed by atoms with Crippen molar-refractivity contribution in [3.8, 4) is 0 Å². The Kier molecular flexibility index (Phi) is 7.32. The van der Waals surface area contributed by atoms with Crippen LogP contribution in [0.4, 0.5) is 17.3 Å². The molecule has 0 fully saturated rings. The number of anilines is 3. The first-order chi connectivity index (χ1) is 15.0. The summed E-state index contributed by atoms with van der Waals surface area (Å²) in [6.45, 7) is 6.20. The molecule has 0 unspecified atom stereocenters. The van der Waals surface area contributed by atoms with Gasteiger partial charge in [-0.1, -0.05) is 25.5 Å². The zero-order chi connectivity index (χ0) is 22.2. The Morgan fingerprint density at radius 3 is 2.32 bits per heavy atom. The Morgan fingerprint density at radius 2 is 1.65 bits per heavy atom. The van der Waals surface area contributed by atoms with Crippen LogP contribution in [0.1, 0.15) is 51.9 Å². The number of carbonyl (C=O) groups is 2. The van der Waals surface area contributed by atoms with Gasteiger partial charge in [0.2, 0.25) is 5.95 Å². The van der Waals surface area contributed by atoms with Crippen LogP contribution in [0, 0.1) is 13.8 Å². The first kappa shape index (κ1) is 22.0. The molecule has 1 heterocycles. The second-order valence-corrected chi connectivity index (χ2v) is 7.17. The highest BCUT2D eigenvalue weighted by molar-refractivity contribution is 6.08. The van der Waals surface area contributed by atoms with Gasteiger partial charge in [-0.05, 0) is 62.7 Å². The van der Waals surface area contributed by atoms with E-state index < -0.39 is 5.97 Å². The lowest BCUT2D eigenvalue weighted by molar-refractivity contribution is 0.0501. The minimum absolute atomic E-state index is 0.317. The number of ether oxygens (including phenoxy) is 1. The smallest absolute Gasteiger partial charge is 0.340 e. The SMILES string of the molecule is CCCCOC(=O)c1ccccc1NC(=O)c1ccc(Nc2nc(C)cc(C)n2)cc1. The van der Waals surface area contributed by atoms with E-state index in [9.17, 15) is 9.59 Å². The van der Waals surface area contributed by atoms with E-state index in [0.717, 1.165) is 29.9 Å². The van der Waals surface area contributed by atoms with Gasteiger partial charge in [-0.2, -0.15) is 0 Å². The van der Waals surface area contributed by atoms with Crippen molar-refractivity contribution in [2.24, 2.45) is 0 Å². The number of esters is 1. The van der Waals surface area contributed by atoms with Crippen LogP contribution in [0.3, 0.4) is 0 Å². The number of para-hydroxylation sites is 1. The number of aryl methyl sites for hydroxylation is 2. The van der Waals surface area contributed by atoms with E-state index in [1.165, 1.54) is 0 Å². The number of hydrogen-bond donors (Lipinski definition) is 2. The molecule has 0 bridgehead atoms. The largest absolute Gasteiger partial charge is 0.462 e. The van der Waals surface area contributed by atoms with Crippen LogP contribution in [0.2, 0.25) is 0 Å².